The molecule has 1 N–H and O–H groups in total. The predicted molar refractivity (Wildman–Crippen MR) is 86.8 cm³/mol. The molecule has 0 saturated carbocycles. The lowest BCUT2D eigenvalue weighted by Crippen LogP contribution is -2.14. The Hall–Kier alpha value is -2.16. The van der Waals surface area contributed by atoms with Gasteiger partial charge in [-0.15, -0.1) is 0 Å². The summed E-state index contributed by atoms with van der Waals surface area (Å²) in [6.07, 6.45) is 0. The van der Waals surface area contributed by atoms with Crippen molar-refractivity contribution in [2.75, 3.05) is 12.4 Å². The van der Waals surface area contributed by atoms with Gasteiger partial charge in [0.1, 0.15) is 5.75 Å². The zero-order valence-electron chi connectivity index (χ0n) is 11.0. The third-order valence-corrected chi connectivity index (χ3v) is 3.70. The standard InChI is InChI=1S/C14H11IN2O4/c1-21-13-8-9(17(19)20)6-7-12(13)16-14(18)10-4-2-3-5-11(10)15/h2-8H,1H3,(H,16,18). The molecule has 6 nitrogen and oxygen atoms in total. The average molecular weight is 398 g/mol. The number of amides is 1. The van der Waals surface area contributed by atoms with Crippen molar-refractivity contribution in [3.8, 4) is 5.75 Å². The van der Waals surface area contributed by atoms with Crippen LogP contribution in [-0.2, 0) is 0 Å². The molecule has 0 heterocycles. The number of hydrogen-bond donors (Lipinski definition) is 1. The molecule has 1 amide bonds. The lowest BCUT2D eigenvalue weighted by atomic mass is 10.2. The summed E-state index contributed by atoms with van der Waals surface area (Å²) in [5, 5.41) is 13.4. The second-order valence-corrected chi connectivity index (χ2v) is 5.24. The van der Waals surface area contributed by atoms with Gasteiger partial charge in [-0.05, 0) is 40.8 Å². The van der Waals surface area contributed by atoms with Crippen LogP contribution in [0.3, 0.4) is 0 Å². The second-order valence-electron chi connectivity index (χ2n) is 4.08. The molecule has 0 fully saturated rings. The summed E-state index contributed by atoms with van der Waals surface area (Å²) in [5.74, 6) is -0.0596. The Morgan fingerprint density at radius 3 is 2.62 bits per heavy atom. The molecule has 0 radical (unpaired) electrons. The molecule has 0 atom stereocenters. The quantitative estimate of drug-likeness (QED) is 0.486. The highest BCUT2D eigenvalue weighted by Crippen LogP contribution is 2.29. The summed E-state index contributed by atoms with van der Waals surface area (Å²) in [6, 6.07) is 11.2. The summed E-state index contributed by atoms with van der Waals surface area (Å²) >= 11 is 2.07. The molecule has 2 aromatic rings. The third-order valence-electron chi connectivity index (χ3n) is 2.76. The molecular formula is C14H11IN2O4. The Kier molecular flexibility index (Phi) is 4.73. The van der Waals surface area contributed by atoms with Gasteiger partial charge in [0.25, 0.3) is 11.6 Å². The first-order chi connectivity index (χ1) is 10.0. The van der Waals surface area contributed by atoms with Gasteiger partial charge >= 0.3 is 0 Å². The Labute approximate surface area is 134 Å². The van der Waals surface area contributed by atoms with E-state index < -0.39 is 4.92 Å². The first-order valence-electron chi connectivity index (χ1n) is 5.91. The molecule has 108 valence electrons. The van der Waals surface area contributed by atoms with Crippen molar-refractivity contribution >= 4 is 39.9 Å². The number of ether oxygens (including phenoxy) is 1. The van der Waals surface area contributed by atoms with E-state index in [4.69, 9.17) is 4.74 Å². The number of non-ortho nitro benzene ring substituents is 1. The van der Waals surface area contributed by atoms with Gasteiger partial charge in [0.2, 0.25) is 0 Å². The SMILES string of the molecule is COc1cc([N+](=O)[O-])ccc1NC(=O)c1ccccc1I. The maximum absolute atomic E-state index is 12.2. The number of rotatable bonds is 4. The van der Waals surface area contributed by atoms with Crippen LogP contribution in [0.2, 0.25) is 0 Å². The highest BCUT2D eigenvalue weighted by Gasteiger charge is 2.15. The molecule has 0 aliphatic rings. The summed E-state index contributed by atoms with van der Waals surface area (Å²) in [4.78, 5) is 22.4. The minimum atomic E-state index is -0.520. The van der Waals surface area contributed by atoms with E-state index in [0.717, 1.165) is 3.57 Å². The van der Waals surface area contributed by atoms with Crippen molar-refractivity contribution < 1.29 is 14.5 Å². The monoisotopic (exact) mass is 398 g/mol. The maximum atomic E-state index is 12.2. The Bertz CT molecular complexity index is 703. The third kappa shape index (κ3) is 3.48. The molecule has 0 unspecified atom stereocenters. The molecule has 21 heavy (non-hydrogen) atoms. The largest absolute Gasteiger partial charge is 0.494 e. The summed E-state index contributed by atoms with van der Waals surface area (Å²) in [6.45, 7) is 0. The van der Waals surface area contributed by atoms with Gasteiger partial charge in [-0.2, -0.15) is 0 Å². The Morgan fingerprint density at radius 1 is 1.29 bits per heavy atom. The van der Waals surface area contributed by atoms with Gasteiger partial charge in [0.15, 0.2) is 0 Å². The van der Waals surface area contributed by atoms with Gasteiger partial charge in [-0.3, -0.25) is 14.9 Å². The number of nitrogens with zero attached hydrogens (tertiary/aromatic N) is 1. The number of nitro groups is 1. The highest BCUT2D eigenvalue weighted by atomic mass is 127. The van der Waals surface area contributed by atoms with Crippen molar-refractivity contribution in [3.05, 3.63) is 61.7 Å². The summed E-state index contributed by atoms with van der Waals surface area (Å²) < 4.78 is 5.90. The number of carbonyl (C=O) groups is 1. The number of anilines is 1. The molecule has 0 aromatic heterocycles. The van der Waals surface area contributed by atoms with Gasteiger partial charge in [0, 0.05) is 9.64 Å². The fourth-order valence-electron chi connectivity index (χ4n) is 1.73. The van der Waals surface area contributed by atoms with Crippen molar-refractivity contribution in [1.29, 1.82) is 0 Å². The van der Waals surface area contributed by atoms with E-state index in [2.05, 4.69) is 27.9 Å². The molecule has 0 saturated heterocycles. The van der Waals surface area contributed by atoms with E-state index in [0.29, 0.717) is 11.3 Å². The van der Waals surface area contributed by atoms with Crippen molar-refractivity contribution in [2.45, 2.75) is 0 Å². The average Bonchev–Trinajstić information content (AvgIpc) is 2.47. The number of benzene rings is 2. The predicted octanol–water partition coefficient (Wildman–Crippen LogP) is 3.46. The number of methoxy groups -OCH3 is 1. The van der Waals surface area contributed by atoms with Gasteiger partial charge < -0.3 is 10.1 Å². The number of carbonyl (C=O) groups excluding carboxylic acids is 1. The molecule has 0 spiro atoms. The number of nitro benzene ring substituents is 1. The van der Waals surface area contributed by atoms with Crippen LogP contribution in [0.4, 0.5) is 11.4 Å². The van der Waals surface area contributed by atoms with Gasteiger partial charge in [-0.1, -0.05) is 12.1 Å². The van der Waals surface area contributed by atoms with Crippen LogP contribution in [0.1, 0.15) is 10.4 Å². The lowest BCUT2D eigenvalue weighted by molar-refractivity contribution is -0.384. The molecule has 0 bridgehead atoms. The van der Waals surface area contributed by atoms with E-state index in [9.17, 15) is 14.9 Å². The van der Waals surface area contributed by atoms with Crippen LogP contribution in [-0.4, -0.2) is 17.9 Å². The number of halogens is 1. The van der Waals surface area contributed by atoms with E-state index in [1.165, 1.54) is 25.3 Å². The summed E-state index contributed by atoms with van der Waals surface area (Å²) in [7, 11) is 1.39. The zero-order chi connectivity index (χ0) is 15.4. The molecule has 7 heteroatoms. The van der Waals surface area contributed by atoms with Crippen LogP contribution < -0.4 is 10.1 Å². The molecule has 2 rings (SSSR count). The van der Waals surface area contributed by atoms with E-state index >= 15 is 0 Å². The topological polar surface area (TPSA) is 81.5 Å². The Balaban J connectivity index is 2.29. The van der Waals surface area contributed by atoms with Crippen LogP contribution in [0.5, 0.6) is 5.75 Å². The molecule has 0 aliphatic carbocycles. The first kappa shape index (κ1) is 15.2. The minimum absolute atomic E-state index is 0.0980. The molecule has 2 aromatic carbocycles. The van der Waals surface area contributed by atoms with Gasteiger partial charge in [0.05, 0.1) is 29.4 Å². The lowest BCUT2D eigenvalue weighted by Gasteiger charge is -2.10. The van der Waals surface area contributed by atoms with Gasteiger partial charge in [-0.25, -0.2) is 0 Å². The van der Waals surface area contributed by atoms with Crippen molar-refractivity contribution in [1.82, 2.24) is 0 Å². The Morgan fingerprint density at radius 2 is 2.00 bits per heavy atom. The minimum Gasteiger partial charge on any atom is -0.494 e. The van der Waals surface area contributed by atoms with Crippen LogP contribution in [0, 0.1) is 13.7 Å². The highest BCUT2D eigenvalue weighted by molar-refractivity contribution is 14.1. The van der Waals surface area contributed by atoms with Crippen LogP contribution in [0.25, 0.3) is 0 Å². The van der Waals surface area contributed by atoms with Crippen LogP contribution in [0.15, 0.2) is 42.5 Å². The van der Waals surface area contributed by atoms with E-state index in [1.54, 1.807) is 12.1 Å². The fourth-order valence-corrected chi connectivity index (χ4v) is 2.36. The smallest absolute Gasteiger partial charge is 0.273 e. The van der Waals surface area contributed by atoms with Crippen molar-refractivity contribution in [3.63, 3.8) is 0 Å². The van der Waals surface area contributed by atoms with Crippen LogP contribution >= 0.6 is 22.6 Å². The maximum Gasteiger partial charge on any atom is 0.273 e. The zero-order valence-corrected chi connectivity index (χ0v) is 13.2. The molecular weight excluding hydrogens is 387 g/mol. The number of hydrogen-bond acceptors (Lipinski definition) is 4. The normalized spacial score (nSPS) is 10.0. The van der Waals surface area contributed by atoms with Crippen molar-refractivity contribution in [2.24, 2.45) is 0 Å². The second kappa shape index (κ2) is 6.53. The van der Waals surface area contributed by atoms with E-state index in [1.807, 2.05) is 12.1 Å². The number of nitrogens with one attached hydrogen (secondary N) is 1. The fraction of sp³-hybridized carbons (Fsp3) is 0.0714. The molecule has 0 aliphatic heterocycles. The summed E-state index contributed by atoms with van der Waals surface area (Å²) in [5.41, 5.74) is 0.811. The first-order valence-corrected chi connectivity index (χ1v) is 6.99. The van der Waals surface area contributed by atoms with E-state index in [-0.39, 0.29) is 17.3 Å².